The third kappa shape index (κ3) is 6.72. The number of hydrogen-bond donors (Lipinski definition) is 2. The van der Waals surface area contributed by atoms with Crippen molar-refractivity contribution < 1.29 is 19.1 Å². The Bertz CT molecular complexity index is 1920. The maximum Gasteiger partial charge on any atom is 0.411 e. The number of H-pyrrole nitrogens is 2. The summed E-state index contributed by atoms with van der Waals surface area (Å²) < 4.78 is 11.7. The summed E-state index contributed by atoms with van der Waals surface area (Å²) in [6, 6.07) is 17.2. The molecule has 2 aromatic heterocycles. The summed E-state index contributed by atoms with van der Waals surface area (Å²) in [5.41, 5.74) is 5.11. The van der Waals surface area contributed by atoms with Gasteiger partial charge in [-0.1, -0.05) is 61.4 Å². The van der Waals surface area contributed by atoms with Crippen LogP contribution in [0.25, 0.3) is 33.6 Å². The molecule has 4 aromatic rings. The number of carbonyl (C=O) groups is 2. The van der Waals surface area contributed by atoms with Crippen molar-refractivity contribution in [3.8, 4) is 33.6 Å². The number of imidazole rings is 2. The average molecular weight is 705 g/mol. The number of ether oxygens (including phenoxy) is 2. The molecule has 0 spiro atoms. The maximum atomic E-state index is 13.4. The number of amides is 2. The van der Waals surface area contributed by atoms with Gasteiger partial charge in [0.25, 0.3) is 0 Å². The Hall–Kier alpha value is -4.60. The predicted molar refractivity (Wildman–Crippen MR) is 200 cm³/mol. The maximum absolute atomic E-state index is 13.4. The van der Waals surface area contributed by atoms with Crippen LogP contribution in [-0.4, -0.2) is 65.2 Å². The molecule has 52 heavy (non-hydrogen) atoms. The van der Waals surface area contributed by atoms with E-state index in [4.69, 9.17) is 19.4 Å². The molecule has 6 atom stereocenters. The van der Waals surface area contributed by atoms with E-state index >= 15 is 0 Å². The van der Waals surface area contributed by atoms with E-state index < -0.39 is 11.2 Å². The van der Waals surface area contributed by atoms with Gasteiger partial charge in [0.05, 0.1) is 35.9 Å². The Balaban J connectivity index is 0.956. The Morgan fingerprint density at radius 1 is 0.635 bits per heavy atom. The molecule has 2 saturated carbocycles. The molecule has 10 nitrogen and oxygen atoms in total. The molecule has 2 bridgehead atoms. The van der Waals surface area contributed by atoms with E-state index in [0.29, 0.717) is 11.8 Å². The van der Waals surface area contributed by atoms with E-state index in [1.54, 1.807) is 0 Å². The Morgan fingerprint density at radius 2 is 1.15 bits per heavy atom. The molecular weight excluding hydrogens is 652 g/mol. The first-order chi connectivity index (χ1) is 24.8. The third-order valence-corrected chi connectivity index (χ3v) is 11.4. The minimum atomic E-state index is -0.546. The first-order valence-electron chi connectivity index (χ1n) is 19.1. The highest BCUT2D eigenvalue weighted by atomic mass is 16.6. The summed E-state index contributed by atoms with van der Waals surface area (Å²) in [5, 5.41) is 0. The lowest BCUT2D eigenvalue weighted by Gasteiger charge is -2.35. The first-order valence-corrected chi connectivity index (χ1v) is 19.1. The lowest BCUT2D eigenvalue weighted by molar-refractivity contribution is 0.00593. The third-order valence-electron chi connectivity index (χ3n) is 11.4. The second-order valence-corrected chi connectivity index (χ2v) is 17.3. The number of likely N-dealkylation sites (tertiary alicyclic amines) is 2. The van der Waals surface area contributed by atoms with Crippen LogP contribution in [-0.2, 0) is 9.47 Å². The van der Waals surface area contributed by atoms with Crippen molar-refractivity contribution in [2.45, 2.75) is 128 Å². The number of hydrogen-bond acceptors (Lipinski definition) is 6. The van der Waals surface area contributed by atoms with Gasteiger partial charge >= 0.3 is 12.2 Å². The van der Waals surface area contributed by atoms with Crippen molar-refractivity contribution >= 4 is 12.2 Å². The highest BCUT2D eigenvalue weighted by molar-refractivity contribution is 5.73. The lowest BCUT2D eigenvalue weighted by atomic mass is 9.85. The average Bonchev–Trinajstić information content (AvgIpc) is 3.94. The van der Waals surface area contributed by atoms with Crippen molar-refractivity contribution in [2.24, 2.45) is 11.8 Å². The van der Waals surface area contributed by atoms with E-state index in [2.05, 4.69) is 58.5 Å². The summed E-state index contributed by atoms with van der Waals surface area (Å²) in [6.45, 7) is 11.5. The Kier molecular flexibility index (Phi) is 8.70. The molecule has 2 N–H and O–H groups in total. The fourth-order valence-electron chi connectivity index (χ4n) is 9.17. The van der Waals surface area contributed by atoms with Crippen LogP contribution in [0.4, 0.5) is 9.59 Å². The number of aromatic nitrogens is 4. The number of aromatic amines is 2. The summed E-state index contributed by atoms with van der Waals surface area (Å²) in [7, 11) is 0. The van der Waals surface area contributed by atoms with Crippen LogP contribution >= 0.6 is 0 Å². The normalized spacial score (nSPS) is 25.7. The second kappa shape index (κ2) is 13.1. The number of nitrogens with one attached hydrogen (secondary N) is 2. The standard InChI is InChI=1S/C42H52N6O4/c1-41(2,3)51-39(49)47-31-20-19-30(21-31)36(47)38-44-24-33(46-38)28-17-13-26(14-18-28)25-11-15-27(16-12-25)32-23-43-37(45-32)35-22-29-9-7-8-10-34(29)48(35)40(50)52-42(4,5)6/h11-18,23-24,29-31,34-36H,7-10,19-22H2,1-6H3,(H,43,45)(H,44,46)/t29?,30?,31?,34?,35?,36-/m0/s1. The number of piperidine rings is 1. The van der Waals surface area contributed by atoms with Gasteiger partial charge in [0.2, 0.25) is 0 Å². The van der Waals surface area contributed by atoms with Gasteiger partial charge in [0.1, 0.15) is 22.9 Å². The van der Waals surface area contributed by atoms with Crippen LogP contribution in [0.5, 0.6) is 0 Å². The number of benzene rings is 2. The van der Waals surface area contributed by atoms with E-state index in [-0.39, 0.29) is 36.4 Å². The fourth-order valence-corrected chi connectivity index (χ4v) is 9.17. The van der Waals surface area contributed by atoms with E-state index in [1.165, 1.54) is 6.42 Å². The Labute approximate surface area is 306 Å². The zero-order valence-electron chi connectivity index (χ0n) is 31.3. The number of carbonyl (C=O) groups excluding carboxylic acids is 2. The van der Waals surface area contributed by atoms with Gasteiger partial charge in [0.15, 0.2) is 0 Å². The largest absolute Gasteiger partial charge is 0.444 e. The SMILES string of the molecule is CC(C)(C)OC(=O)N1C(c2ncc(-c3ccc(-c4ccc(-c5cnc([C@@H]6C7CCC(C7)N6C(=O)OC(C)(C)C)[nH]5)cc4)cc3)[nH]2)CC2CCCCC21. The van der Waals surface area contributed by atoms with Crippen molar-refractivity contribution in [3.05, 3.63) is 72.6 Å². The molecule has 2 amide bonds. The van der Waals surface area contributed by atoms with E-state index in [0.717, 1.165) is 90.2 Å². The van der Waals surface area contributed by atoms with E-state index in [1.807, 2.05) is 63.7 Å². The van der Waals surface area contributed by atoms with E-state index in [9.17, 15) is 9.59 Å². The molecule has 2 aromatic carbocycles. The summed E-state index contributed by atoms with van der Waals surface area (Å²) in [5.74, 6) is 2.54. The Morgan fingerprint density at radius 3 is 1.75 bits per heavy atom. The number of nitrogens with zero attached hydrogens (tertiary/aromatic N) is 4. The van der Waals surface area contributed by atoms with Crippen LogP contribution in [0.1, 0.15) is 117 Å². The number of rotatable bonds is 5. The van der Waals surface area contributed by atoms with Gasteiger partial charge in [-0.3, -0.25) is 9.80 Å². The highest BCUT2D eigenvalue weighted by Crippen LogP contribution is 2.50. The van der Waals surface area contributed by atoms with Crippen molar-refractivity contribution in [1.82, 2.24) is 29.7 Å². The molecule has 0 radical (unpaired) electrons. The van der Waals surface area contributed by atoms with Crippen molar-refractivity contribution in [1.29, 1.82) is 0 Å². The molecule has 2 aliphatic carbocycles. The van der Waals surface area contributed by atoms with Gasteiger partial charge < -0.3 is 19.4 Å². The van der Waals surface area contributed by atoms with Crippen molar-refractivity contribution in [2.75, 3.05) is 0 Å². The molecular formula is C42H52N6O4. The van der Waals surface area contributed by atoms with Crippen molar-refractivity contribution in [3.63, 3.8) is 0 Å². The summed E-state index contributed by atoms with van der Waals surface area (Å²) >= 11 is 0. The predicted octanol–water partition coefficient (Wildman–Crippen LogP) is 9.83. The minimum Gasteiger partial charge on any atom is -0.444 e. The van der Waals surface area contributed by atoms with Crippen LogP contribution in [0, 0.1) is 11.8 Å². The molecule has 274 valence electrons. The number of fused-ring (bicyclic) bond motifs is 3. The van der Waals surface area contributed by atoms with Crippen LogP contribution in [0.15, 0.2) is 60.9 Å². The summed E-state index contributed by atoms with van der Waals surface area (Å²) in [4.78, 5) is 47.2. The second-order valence-electron chi connectivity index (χ2n) is 17.3. The van der Waals surface area contributed by atoms with Crippen LogP contribution in [0.3, 0.4) is 0 Å². The zero-order chi connectivity index (χ0) is 36.4. The molecule has 5 unspecified atom stereocenters. The monoisotopic (exact) mass is 704 g/mol. The molecule has 4 fully saturated rings. The van der Waals surface area contributed by atoms with Gasteiger partial charge in [-0.05, 0) is 114 Å². The molecule has 2 saturated heterocycles. The molecule has 2 aliphatic heterocycles. The van der Waals surface area contributed by atoms with Gasteiger partial charge in [-0.2, -0.15) is 0 Å². The van der Waals surface area contributed by atoms with Crippen LogP contribution in [0.2, 0.25) is 0 Å². The quantitative estimate of drug-likeness (QED) is 0.214. The molecule has 4 aliphatic rings. The molecule has 8 rings (SSSR count). The van der Waals surface area contributed by atoms with Gasteiger partial charge in [-0.25, -0.2) is 19.6 Å². The highest BCUT2D eigenvalue weighted by Gasteiger charge is 2.51. The molecule has 4 heterocycles. The van der Waals surface area contributed by atoms with Gasteiger partial charge in [-0.15, -0.1) is 0 Å². The smallest absolute Gasteiger partial charge is 0.411 e. The topological polar surface area (TPSA) is 116 Å². The van der Waals surface area contributed by atoms with Gasteiger partial charge in [0, 0.05) is 12.1 Å². The zero-order valence-corrected chi connectivity index (χ0v) is 31.3. The summed E-state index contributed by atoms with van der Waals surface area (Å²) in [6.07, 6.45) is 11.9. The lowest BCUT2D eigenvalue weighted by Crippen LogP contribution is -2.43. The first kappa shape index (κ1) is 34.5. The minimum absolute atomic E-state index is 0.0858. The fraction of sp³-hybridized carbons (Fsp3) is 0.524. The molecule has 10 heteroatoms. The van der Waals surface area contributed by atoms with Crippen LogP contribution < -0.4 is 0 Å².